The molecule has 1 aliphatic rings. The number of nitrogens with zero attached hydrogens (tertiary/aromatic N) is 2. The molecule has 6 nitrogen and oxygen atoms in total. The third kappa shape index (κ3) is 3.87. The first-order valence-corrected chi connectivity index (χ1v) is 11.8. The number of rotatable bonds is 6. The molecular weight excluding hydrogens is 424 g/mol. The molecule has 1 aliphatic heterocycles. The summed E-state index contributed by atoms with van der Waals surface area (Å²) in [6, 6.07) is 11.7. The highest BCUT2D eigenvalue weighted by molar-refractivity contribution is 7.22. The third-order valence-electron chi connectivity index (χ3n) is 5.71. The van der Waals surface area contributed by atoms with E-state index < -0.39 is 0 Å². The minimum Gasteiger partial charge on any atom is -0.490 e. The zero-order chi connectivity index (χ0) is 22.2. The third-order valence-corrected chi connectivity index (χ3v) is 6.94. The van der Waals surface area contributed by atoms with Crippen LogP contribution in [0.3, 0.4) is 0 Å². The van der Waals surface area contributed by atoms with Crippen LogP contribution in [0.4, 0.5) is 5.13 Å². The van der Waals surface area contributed by atoms with Gasteiger partial charge >= 0.3 is 0 Å². The zero-order valence-electron chi connectivity index (χ0n) is 18.5. The fraction of sp³-hybridized carbons (Fsp3) is 0.360. The number of hydrogen-bond acceptors (Lipinski definition) is 6. The summed E-state index contributed by atoms with van der Waals surface area (Å²) in [6.07, 6.45) is 1.94. The fourth-order valence-corrected chi connectivity index (χ4v) is 5.29. The maximum atomic E-state index is 13.7. The molecule has 3 heterocycles. The van der Waals surface area contributed by atoms with Crippen molar-refractivity contribution in [2.75, 3.05) is 24.7 Å². The van der Waals surface area contributed by atoms with Crippen molar-refractivity contribution in [3.05, 3.63) is 53.3 Å². The number of carbonyl (C=O) groups is 1. The standard InChI is InChI=1S/C25H26N2O4S/c1-4-29-20-9-5-7-17-13-21(31-22(17)20)24(28)27(14-18-8-6-10-30-18)25-26-19-12-15(2)11-16(3)23(19)32-25/h5,7,9,11-13,18H,4,6,8,10,14H2,1-3H3. The predicted molar refractivity (Wildman–Crippen MR) is 127 cm³/mol. The number of fused-ring (bicyclic) bond motifs is 2. The van der Waals surface area contributed by atoms with Gasteiger partial charge in [0.05, 0.1) is 29.5 Å². The van der Waals surface area contributed by atoms with Gasteiger partial charge in [0.25, 0.3) is 5.91 Å². The van der Waals surface area contributed by atoms with E-state index in [0.717, 1.165) is 40.6 Å². The van der Waals surface area contributed by atoms with Gasteiger partial charge in [-0.1, -0.05) is 29.5 Å². The smallest absolute Gasteiger partial charge is 0.295 e. The van der Waals surface area contributed by atoms with Gasteiger partial charge in [0, 0.05) is 12.0 Å². The minimum absolute atomic E-state index is 0.00263. The Bertz CT molecular complexity index is 1290. The van der Waals surface area contributed by atoms with Crippen LogP contribution in [0, 0.1) is 13.8 Å². The van der Waals surface area contributed by atoms with Gasteiger partial charge in [-0.05, 0) is 62.9 Å². The minimum atomic E-state index is -0.215. The van der Waals surface area contributed by atoms with Gasteiger partial charge in [-0.15, -0.1) is 0 Å². The number of aryl methyl sites for hydroxylation is 2. The monoisotopic (exact) mass is 450 g/mol. The van der Waals surface area contributed by atoms with Gasteiger partial charge in [0.1, 0.15) is 0 Å². The first-order chi connectivity index (χ1) is 15.5. The van der Waals surface area contributed by atoms with Crippen molar-refractivity contribution in [2.45, 2.75) is 39.7 Å². The molecule has 0 saturated carbocycles. The first-order valence-electron chi connectivity index (χ1n) is 11.0. The summed E-state index contributed by atoms with van der Waals surface area (Å²) in [5.74, 6) is 0.700. The number of anilines is 1. The van der Waals surface area contributed by atoms with E-state index in [-0.39, 0.29) is 17.8 Å². The Morgan fingerprint density at radius 1 is 1.28 bits per heavy atom. The lowest BCUT2D eigenvalue weighted by Crippen LogP contribution is -2.37. The molecule has 32 heavy (non-hydrogen) atoms. The van der Waals surface area contributed by atoms with Crippen molar-refractivity contribution >= 4 is 43.6 Å². The molecule has 0 spiro atoms. The second kappa shape index (κ2) is 8.56. The molecule has 1 atom stereocenters. The van der Waals surface area contributed by atoms with Gasteiger partial charge in [0.15, 0.2) is 22.2 Å². The van der Waals surface area contributed by atoms with E-state index in [1.54, 1.807) is 11.0 Å². The van der Waals surface area contributed by atoms with E-state index >= 15 is 0 Å². The number of thiazole rings is 1. The van der Waals surface area contributed by atoms with Crippen LogP contribution in [0.5, 0.6) is 5.75 Å². The van der Waals surface area contributed by atoms with Gasteiger partial charge in [0.2, 0.25) is 0 Å². The molecule has 5 rings (SSSR count). The van der Waals surface area contributed by atoms with E-state index in [0.29, 0.717) is 29.6 Å². The van der Waals surface area contributed by atoms with Crippen LogP contribution in [-0.2, 0) is 4.74 Å². The van der Waals surface area contributed by atoms with Crippen LogP contribution >= 0.6 is 11.3 Å². The lowest BCUT2D eigenvalue weighted by atomic mass is 10.1. The Kier molecular flexibility index (Phi) is 5.61. The summed E-state index contributed by atoms with van der Waals surface area (Å²) in [5, 5.41) is 1.51. The molecule has 166 valence electrons. The van der Waals surface area contributed by atoms with Crippen molar-refractivity contribution in [2.24, 2.45) is 0 Å². The number of amides is 1. The summed E-state index contributed by atoms with van der Waals surface area (Å²) in [6.45, 7) is 7.77. The normalized spacial score (nSPS) is 16.2. The highest BCUT2D eigenvalue weighted by atomic mass is 32.1. The Labute approximate surface area is 190 Å². The molecule has 0 radical (unpaired) electrons. The first kappa shape index (κ1) is 21.0. The summed E-state index contributed by atoms with van der Waals surface area (Å²) in [7, 11) is 0. The van der Waals surface area contributed by atoms with E-state index in [1.807, 2.05) is 25.1 Å². The lowest BCUT2D eigenvalue weighted by Gasteiger charge is -2.22. The molecule has 1 amide bonds. The molecule has 2 aromatic carbocycles. The van der Waals surface area contributed by atoms with Crippen molar-refractivity contribution in [3.63, 3.8) is 0 Å². The van der Waals surface area contributed by atoms with E-state index in [2.05, 4.69) is 26.0 Å². The number of carbonyl (C=O) groups excluding carboxylic acids is 1. The summed E-state index contributed by atoms with van der Waals surface area (Å²) in [4.78, 5) is 20.2. The van der Waals surface area contributed by atoms with Crippen LogP contribution in [0.1, 0.15) is 41.4 Å². The highest BCUT2D eigenvalue weighted by Gasteiger charge is 2.29. The Morgan fingerprint density at radius 2 is 2.16 bits per heavy atom. The molecular formula is C25H26N2O4S. The number of para-hydroxylation sites is 1. The van der Waals surface area contributed by atoms with Gasteiger partial charge in [-0.25, -0.2) is 4.98 Å². The van der Waals surface area contributed by atoms with Gasteiger partial charge in [-0.2, -0.15) is 0 Å². The van der Waals surface area contributed by atoms with Crippen LogP contribution in [-0.4, -0.2) is 36.8 Å². The van der Waals surface area contributed by atoms with Crippen molar-refractivity contribution in [3.8, 4) is 5.75 Å². The molecule has 0 aliphatic carbocycles. The number of benzene rings is 2. The SMILES string of the molecule is CCOc1cccc2cc(C(=O)N(CC3CCCO3)c3nc4cc(C)cc(C)c4s3)oc12. The second-order valence-corrected chi connectivity index (χ2v) is 9.17. The van der Waals surface area contributed by atoms with Crippen molar-refractivity contribution in [1.82, 2.24) is 4.98 Å². The van der Waals surface area contributed by atoms with E-state index in [9.17, 15) is 4.79 Å². The van der Waals surface area contributed by atoms with E-state index in [4.69, 9.17) is 18.9 Å². The maximum absolute atomic E-state index is 13.7. The van der Waals surface area contributed by atoms with Crippen molar-refractivity contribution < 1.29 is 18.7 Å². The van der Waals surface area contributed by atoms with Crippen LogP contribution < -0.4 is 9.64 Å². The molecule has 0 N–H and O–H groups in total. The average molecular weight is 451 g/mol. The maximum Gasteiger partial charge on any atom is 0.295 e. The van der Waals surface area contributed by atoms with Gasteiger partial charge < -0.3 is 13.9 Å². The van der Waals surface area contributed by atoms with Crippen LogP contribution in [0.2, 0.25) is 0 Å². The molecule has 1 unspecified atom stereocenters. The molecule has 2 aromatic heterocycles. The lowest BCUT2D eigenvalue weighted by molar-refractivity contribution is 0.0896. The summed E-state index contributed by atoms with van der Waals surface area (Å²) < 4.78 is 18.6. The highest BCUT2D eigenvalue weighted by Crippen LogP contribution is 2.35. The van der Waals surface area contributed by atoms with Crippen LogP contribution in [0.15, 0.2) is 40.8 Å². The summed E-state index contributed by atoms with van der Waals surface area (Å²) >= 11 is 1.54. The molecule has 1 fully saturated rings. The quantitative estimate of drug-likeness (QED) is 0.367. The Balaban J connectivity index is 1.56. The average Bonchev–Trinajstić information content (AvgIpc) is 3.51. The van der Waals surface area contributed by atoms with Crippen molar-refractivity contribution in [1.29, 1.82) is 0 Å². The molecule has 7 heteroatoms. The van der Waals surface area contributed by atoms with E-state index in [1.165, 1.54) is 16.9 Å². The van der Waals surface area contributed by atoms with Crippen LogP contribution in [0.25, 0.3) is 21.2 Å². The molecule has 0 bridgehead atoms. The predicted octanol–water partition coefficient (Wildman–Crippen LogP) is 5.88. The summed E-state index contributed by atoms with van der Waals surface area (Å²) in [5.41, 5.74) is 3.82. The Hall–Kier alpha value is -2.90. The van der Waals surface area contributed by atoms with Gasteiger partial charge in [-0.3, -0.25) is 9.69 Å². The molecule has 4 aromatic rings. The topological polar surface area (TPSA) is 64.8 Å². The number of furan rings is 1. The Morgan fingerprint density at radius 3 is 2.94 bits per heavy atom. The zero-order valence-corrected chi connectivity index (χ0v) is 19.3. The molecule has 1 saturated heterocycles. The number of aromatic nitrogens is 1. The second-order valence-electron chi connectivity index (χ2n) is 8.20. The largest absolute Gasteiger partial charge is 0.490 e. The fourth-order valence-electron chi connectivity index (χ4n) is 4.26. The number of hydrogen-bond donors (Lipinski definition) is 0. The number of ether oxygens (including phenoxy) is 2.